The summed E-state index contributed by atoms with van der Waals surface area (Å²) in [6, 6.07) is 4.32. The van der Waals surface area contributed by atoms with E-state index in [9.17, 15) is 0 Å². The fourth-order valence-corrected chi connectivity index (χ4v) is 1.74. The number of ether oxygens (including phenoxy) is 2. The number of hydrogen-bond donors (Lipinski definition) is 0. The zero-order chi connectivity index (χ0) is 9.26. The van der Waals surface area contributed by atoms with Crippen LogP contribution >= 0.6 is 0 Å². The highest BCUT2D eigenvalue weighted by Crippen LogP contribution is 2.29. The van der Waals surface area contributed by atoms with Gasteiger partial charge in [-0.1, -0.05) is 24.6 Å². The van der Waals surface area contributed by atoms with Crippen LogP contribution in [-0.4, -0.2) is 6.79 Å². The van der Waals surface area contributed by atoms with E-state index in [1.807, 2.05) is 0 Å². The van der Waals surface area contributed by atoms with Crippen molar-refractivity contribution in [2.45, 2.75) is 26.9 Å². The molecule has 0 bridgehead atoms. The molecule has 1 heterocycles. The quantitative estimate of drug-likeness (QED) is 0.657. The second-order valence-corrected chi connectivity index (χ2v) is 3.38. The summed E-state index contributed by atoms with van der Waals surface area (Å²) < 4.78 is 10.7. The lowest BCUT2D eigenvalue weighted by atomic mass is 10.0. The average molecular weight is 178 g/mol. The predicted molar refractivity (Wildman–Crippen MR) is 50.8 cm³/mol. The van der Waals surface area contributed by atoms with Crippen LogP contribution in [0.15, 0.2) is 12.1 Å². The fraction of sp³-hybridized carbons (Fsp3) is 0.455. The Morgan fingerprint density at radius 3 is 3.00 bits per heavy atom. The van der Waals surface area contributed by atoms with Gasteiger partial charge in [-0.25, -0.2) is 0 Å². The summed E-state index contributed by atoms with van der Waals surface area (Å²) in [5.74, 6) is 1.04. The number of benzene rings is 1. The molecule has 0 spiro atoms. The van der Waals surface area contributed by atoms with Gasteiger partial charge < -0.3 is 9.47 Å². The Balaban J connectivity index is 2.50. The molecule has 0 amide bonds. The molecule has 2 rings (SSSR count). The summed E-state index contributed by atoms with van der Waals surface area (Å²) in [6.45, 7) is 5.33. The number of aryl methyl sites for hydroxylation is 2. The van der Waals surface area contributed by atoms with Gasteiger partial charge in [0.05, 0.1) is 6.61 Å². The van der Waals surface area contributed by atoms with Crippen molar-refractivity contribution >= 4 is 0 Å². The third-order valence-electron chi connectivity index (χ3n) is 2.31. The Labute approximate surface area is 78.5 Å². The first-order valence-corrected chi connectivity index (χ1v) is 4.64. The van der Waals surface area contributed by atoms with E-state index in [1.165, 1.54) is 16.7 Å². The summed E-state index contributed by atoms with van der Waals surface area (Å²) in [5, 5.41) is 0. The van der Waals surface area contributed by atoms with Crippen molar-refractivity contribution in [1.82, 2.24) is 0 Å². The van der Waals surface area contributed by atoms with Gasteiger partial charge in [-0.3, -0.25) is 0 Å². The molecule has 2 heteroatoms. The van der Waals surface area contributed by atoms with Crippen LogP contribution in [0.5, 0.6) is 5.75 Å². The normalized spacial score (nSPS) is 14.9. The molecule has 0 aromatic heterocycles. The molecule has 0 aliphatic carbocycles. The Morgan fingerprint density at radius 2 is 2.23 bits per heavy atom. The maximum atomic E-state index is 5.48. The van der Waals surface area contributed by atoms with E-state index in [1.54, 1.807) is 0 Å². The third-order valence-corrected chi connectivity index (χ3v) is 2.31. The molecule has 2 nitrogen and oxygen atoms in total. The van der Waals surface area contributed by atoms with Crippen LogP contribution in [0.3, 0.4) is 0 Å². The highest BCUT2D eigenvalue weighted by Gasteiger charge is 2.14. The maximum Gasteiger partial charge on any atom is 0.189 e. The van der Waals surface area contributed by atoms with Crippen LogP contribution in [0.4, 0.5) is 0 Å². The van der Waals surface area contributed by atoms with E-state index in [4.69, 9.17) is 9.47 Å². The molecule has 1 aromatic rings. The molecule has 0 saturated carbocycles. The van der Waals surface area contributed by atoms with Gasteiger partial charge in [0.25, 0.3) is 0 Å². The lowest BCUT2D eigenvalue weighted by Gasteiger charge is -2.20. The number of rotatable bonds is 1. The lowest BCUT2D eigenvalue weighted by molar-refractivity contribution is -0.0170. The molecule has 70 valence electrons. The van der Waals surface area contributed by atoms with Crippen molar-refractivity contribution in [3.05, 3.63) is 28.8 Å². The first kappa shape index (κ1) is 8.57. The minimum absolute atomic E-state index is 0.392. The SMILES string of the molecule is CCc1cc(C)cc2c1OCOC2. The van der Waals surface area contributed by atoms with Crippen molar-refractivity contribution in [2.24, 2.45) is 0 Å². The maximum absolute atomic E-state index is 5.48. The van der Waals surface area contributed by atoms with Gasteiger partial charge in [-0.05, 0) is 18.9 Å². The molecule has 1 aliphatic heterocycles. The molecule has 13 heavy (non-hydrogen) atoms. The summed E-state index contributed by atoms with van der Waals surface area (Å²) >= 11 is 0. The molecule has 0 radical (unpaired) electrons. The van der Waals surface area contributed by atoms with Gasteiger partial charge in [-0.2, -0.15) is 0 Å². The van der Waals surface area contributed by atoms with Gasteiger partial charge in [0, 0.05) is 5.56 Å². The number of hydrogen-bond acceptors (Lipinski definition) is 2. The van der Waals surface area contributed by atoms with Gasteiger partial charge in [0.15, 0.2) is 6.79 Å². The van der Waals surface area contributed by atoms with E-state index in [2.05, 4.69) is 26.0 Å². The summed E-state index contributed by atoms with van der Waals surface area (Å²) in [6.07, 6.45) is 1.02. The Kier molecular flexibility index (Phi) is 2.23. The highest BCUT2D eigenvalue weighted by atomic mass is 16.7. The van der Waals surface area contributed by atoms with Gasteiger partial charge in [0.1, 0.15) is 5.75 Å². The molecule has 1 aliphatic rings. The van der Waals surface area contributed by atoms with E-state index in [-0.39, 0.29) is 0 Å². The van der Waals surface area contributed by atoms with Crippen molar-refractivity contribution in [3.8, 4) is 5.75 Å². The Morgan fingerprint density at radius 1 is 1.38 bits per heavy atom. The topological polar surface area (TPSA) is 18.5 Å². The largest absolute Gasteiger partial charge is 0.467 e. The van der Waals surface area contributed by atoms with E-state index in [0.29, 0.717) is 13.4 Å². The van der Waals surface area contributed by atoms with E-state index >= 15 is 0 Å². The van der Waals surface area contributed by atoms with Crippen LogP contribution in [0.2, 0.25) is 0 Å². The van der Waals surface area contributed by atoms with Crippen LogP contribution in [0.1, 0.15) is 23.6 Å². The molecule has 0 saturated heterocycles. The molecule has 1 aromatic carbocycles. The van der Waals surface area contributed by atoms with Gasteiger partial charge in [0.2, 0.25) is 0 Å². The standard InChI is InChI=1S/C11H14O2/c1-3-9-4-8(2)5-10-6-12-7-13-11(9)10/h4-5H,3,6-7H2,1-2H3. The lowest BCUT2D eigenvalue weighted by Crippen LogP contribution is -2.13. The first-order chi connectivity index (χ1) is 6.31. The third kappa shape index (κ3) is 1.54. The monoisotopic (exact) mass is 178 g/mol. The average Bonchev–Trinajstić information content (AvgIpc) is 2.16. The summed E-state index contributed by atoms with van der Waals surface area (Å²) in [4.78, 5) is 0. The van der Waals surface area contributed by atoms with Crippen molar-refractivity contribution in [2.75, 3.05) is 6.79 Å². The molecule has 0 unspecified atom stereocenters. The number of fused-ring (bicyclic) bond motifs is 1. The second-order valence-electron chi connectivity index (χ2n) is 3.38. The minimum atomic E-state index is 0.392. The molecular weight excluding hydrogens is 164 g/mol. The zero-order valence-corrected chi connectivity index (χ0v) is 8.09. The van der Waals surface area contributed by atoms with E-state index < -0.39 is 0 Å². The highest BCUT2D eigenvalue weighted by molar-refractivity contribution is 5.44. The van der Waals surface area contributed by atoms with Crippen molar-refractivity contribution in [3.63, 3.8) is 0 Å². The molecule has 0 N–H and O–H groups in total. The van der Waals surface area contributed by atoms with E-state index in [0.717, 1.165) is 12.2 Å². The van der Waals surface area contributed by atoms with Crippen molar-refractivity contribution in [1.29, 1.82) is 0 Å². The van der Waals surface area contributed by atoms with Gasteiger partial charge in [-0.15, -0.1) is 0 Å². The Hall–Kier alpha value is -1.02. The summed E-state index contributed by atoms with van der Waals surface area (Å²) in [5.41, 5.74) is 3.76. The van der Waals surface area contributed by atoms with Crippen LogP contribution in [0, 0.1) is 6.92 Å². The minimum Gasteiger partial charge on any atom is -0.467 e. The van der Waals surface area contributed by atoms with Crippen LogP contribution in [0.25, 0.3) is 0 Å². The smallest absolute Gasteiger partial charge is 0.189 e. The van der Waals surface area contributed by atoms with Crippen LogP contribution in [-0.2, 0) is 17.8 Å². The predicted octanol–water partition coefficient (Wildman–Crippen LogP) is 2.42. The van der Waals surface area contributed by atoms with Crippen molar-refractivity contribution < 1.29 is 9.47 Å². The Bertz CT molecular complexity index is 301. The zero-order valence-electron chi connectivity index (χ0n) is 8.09. The van der Waals surface area contributed by atoms with Gasteiger partial charge >= 0.3 is 0 Å². The molecule has 0 fully saturated rings. The molecular formula is C11H14O2. The molecule has 0 atom stereocenters. The summed E-state index contributed by atoms with van der Waals surface area (Å²) in [7, 11) is 0. The fourth-order valence-electron chi connectivity index (χ4n) is 1.74. The first-order valence-electron chi connectivity index (χ1n) is 4.64. The second kappa shape index (κ2) is 3.38. The van der Waals surface area contributed by atoms with Crippen LogP contribution < -0.4 is 4.74 Å².